The van der Waals surface area contributed by atoms with E-state index in [2.05, 4.69) is 26.6 Å². The Kier molecular flexibility index (Phi) is 6.65. The molecule has 3 aromatic heterocycles. The number of anilines is 1. The van der Waals surface area contributed by atoms with Gasteiger partial charge in [0, 0.05) is 11.4 Å². The topological polar surface area (TPSA) is 113 Å². The molecule has 3 heterocycles. The number of nitrogens with one attached hydrogen (secondary N) is 2. The minimum atomic E-state index is -0.368. The summed E-state index contributed by atoms with van der Waals surface area (Å²) >= 11 is 1.16. The number of aromatic nitrogens is 4. The van der Waals surface area contributed by atoms with Crippen LogP contribution in [0.3, 0.4) is 0 Å². The number of amides is 1. The van der Waals surface area contributed by atoms with E-state index >= 15 is 0 Å². The molecular weight excluding hydrogens is 455 g/mol. The first-order valence-corrected chi connectivity index (χ1v) is 11.3. The lowest BCUT2D eigenvalue weighted by Gasteiger charge is -2.13. The number of rotatable bonds is 7. The monoisotopic (exact) mass is 476 g/mol. The number of hydrogen-bond donors (Lipinski definition) is 2. The molecule has 2 N–H and O–H groups in total. The quantitative estimate of drug-likeness (QED) is 0.362. The molecule has 0 radical (unpaired) electrons. The van der Waals surface area contributed by atoms with Crippen molar-refractivity contribution in [2.75, 3.05) is 11.1 Å². The van der Waals surface area contributed by atoms with E-state index in [9.17, 15) is 14.4 Å². The molecule has 4 rings (SSSR count). The van der Waals surface area contributed by atoms with Crippen LogP contribution in [0, 0.1) is 37.9 Å². The van der Waals surface area contributed by atoms with Crippen LogP contribution in [-0.2, 0) is 4.79 Å². The van der Waals surface area contributed by atoms with Crippen LogP contribution in [0.4, 0.5) is 10.2 Å². The van der Waals surface area contributed by atoms with Crippen molar-refractivity contribution >= 4 is 35.6 Å². The van der Waals surface area contributed by atoms with Gasteiger partial charge in [0.15, 0.2) is 0 Å². The first kappa shape index (κ1) is 23.1. The second kappa shape index (κ2) is 9.80. The third kappa shape index (κ3) is 4.94. The number of nitrogens with zero attached hydrogens (tertiary/aromatic N) is 4. The molecule has 4 aromatic rings. The van der Waals surface area contributed by atoms with Crippen molar-refractivity contribution in [1.82, 2.24) is 19.7 Å². The number of nitriles is 1. The Bertz CT molecular complexity index is 1410. The molecule has 0 aliphatic rings. The van der Waals surface area contributed by atoms with Gasteiger partial charge in [-0.3, -0.25) is 14.5 Å². The second-order valence-electron chi connectivity index (χ2n) is 7.48. The number of hydrogen-bond acceptors (Lipinski definition) is 6. The Morgan fingerprint density at radius 1 is 1.24 bits per heavy atom. The Hall–Kier alpha value is -4.10. The van der Waals surface area contributed by atoms with Crippen LogP contribution >= 0.6 is 11.8 Å². The summed E-state index contributed by atoms with van der Waals surface area (Å²) in [6.07, 6.45) is 3.50. The summed E-state index contributed by atoms with van der Waals surface area (Å²) in [6.45, 7) is 5.52. The smallest absolute Gasteiger partial charge is 0.236 e. The highest BCUT2D eigenvalue weighted by Crippen LogP contribution is 2.30. The van der Waals surface area contributed by atoms with Gasteiger partial charge >= 0.3 is 0 Å². The standard InChI is InChI=1S/C24H21FN6O2S/c1-14-4-9-19(33-14)10-11-21-27-24(30-29-21)34-13-22(32)28-23-20(12-26)15(2)16(3)31(23)18-7-5-17(25)6-8-18/h4-11H,13H2,1-3H3,(H,28,32)(H,27,29,30)/b11-10+. The van der Waals surface area contributed by atoms with Crippen LogP contribution in [0.1, 0.15) is 34.2 Å². The SMILES string of the molecule is Cc1ccc(/C=C/c2nc(SCC(=O)Nc3c(C#N)c(C)c(C)n3-c3ccc(F)cc3)n[nH]2)o1. The molecule has 1 amide bonds. The summed E-state index contributed by atoms with van der Waals surface area (Å²) in [5.74, 6) is 1.74. The minimum absolute atomic E-state index is 0.0376. The van der Waals surface area contributed by atoms with Gasteiger partial charge in [0.05, 0.1) is 11.3 Å². The molecule has 0 saturated carbocycles. The molecule has 0 fully saturated rings. The number of carbonyl (C=O) groups excluding carboxylic acids is 1. The third-order valence-electron chi connectivity index (χ3n) is 5.15. The maximum atomic E-state index is 13.4. The van der Waals surface area contributed by atoms with Crippen molar-refractivity contribution in [3.05, 3.63) is 76.4 Å². The van der Waals surface area contributed by atoms with Crippen molar-refractivity contribution in [3.63, 3.8) is 0 Å². The summed E-state index contributed by atoms with van der Waals surface area (Å²) < 4.78 is 20.6. The number of aryl methyl sites for hydroxylation is 1. The molecule has 172 valence electrons. The van der Waals surface area contributed by atoms with Gasteiger partial charge in [-0.1, -0.05) is 11.8 Å². The Balaban J connectivity index is 1.46. The van der Waals surface area contributed by atoms with Crippen molar-refractivity contribution in [2.24, 2.45) is 0 Å². The average Bonchev–Trinajstić information content (AvgIpc) is 3.51. The fourth-order valence-corrected chi connectivity index (χ4v) is 3.98. The van der Waals surface area contributed by atoms with Gasteiger partial charge in [-0.05, 0) is 74.9 Å². The van der Waals surface area contributed by atoms with Crippen LogP contribution in [0.25, 0.3) is 17.8 Å². The van der Waals surface area contributed by atoms with Crippen molar-refractivity contribution in [2.45, 2.75) is 25.9 Å². The Morgan fingerprint density at radius 3 is 2.68 bits per heavy atom. The number of thioether (sulfide) groups is 1. The van der Waals surface area contributed by atoms with Crippen molar-refractivity contribution < 1.29 is 13.6 Å². The molecule has 1 aromatic carbocycles. The zero-order valence-corrected chi connectivity index (χ0v) is 19.5. The number of aromatic amines is 1. The van der Waals surface area contributed by atoms with Gasteiger partial charge in [-0.25, -0.2) is 9.37 Å². The van der Waals surface area contributed by atoms with E-state index in [4.69, 9.17) is 4.42 Å². The normalized spacial score (nSPS) is 11.1. The number of benzene rings is 1. The van der Waals surface area contributed by atoms with Gasteiger partial charge in [0.25, 0.3) is 0 Å². The molecule has 0 bridgehead atoms. The molecule has 0 unspecified atom stereocenters. The summed E-state index contributed by atoms with van der Waals surface area (Å²) in [4.78, 5) is 17.1. The maximum Gasteiger partial charge on any atom is 0.236 e. The first-order valence-electron chi connectivity index (χ1n) is 10.3. The maximum absolute atomic E-state index is 13.4. The lowest BCUT2D eigenvalue weighted by Crippen LogP contribution is -2.17. The lowest BCUT2D eigenvalue weighted by atomic mass is 10.2. The van der Waals surface area contributed by atoms with E-state index in [1.807, 2.05) is 32.9 Å². The van der Waals surface area contributed by atoms with Gasteiger partial charge in [-0.2, -0.15) is 5.26 Å². The zero-order valence-electron chi connectivity index (χ0n) is 18.7. The summed E-state index contributed by atoms with van der Waals surface area (Å²) in [6, 6.07) is 11.7. The molecule has 0 aliphatic heterocycles. The molecule has 0 aliphatic carbocycles. The van der Waals surface area contributed by atoms with Crippen molar-refractivity contribution in [1.29, 1.82) is 5.26 Å². The van der Waals surface area contributed by atoms with Crippen LogP contribution in [0.5, 0.6) is 0 Å². The summed E-state index contributed by atoms with van der Waals surface area (Å²) in [7, 11) is 0. The minimum Gasteiger partial charge on any atom is -0.462 e. The molecule has 0 saturated heterocycles. The predicted octanol–water partition coefficient (Wildman–Crippen LogP) is 5.03. The molecule has 8 nitrogen and oxygen atoms in total. The average molecular weight is 477 g/mol. The van der Waals surface area contributed by atoms with Gasteiger partial charge < -0.3 is 9.73 Å². The highest BCUT2D eigenvalue weighted by atomic mass is 32.2. The van der Waals surface area contributed by atoms with Gasteiger partial charge in [0.1, 0.15) is 35.0 Å². The first-order chi connectivity index (χ1) is 16.4. The lowest BCUT2D eigenvalue weighted by molar-refractivity contribution is -0.113. The van der Waals surface area contributed by atoms with Crippen LogP contribution in [0.2, 0.25) is 0 Å². The van der Waals surface area contributed by atoms with E-state index in [0.29, 0.717) is 33.8 Å². The highest BCUT2D eigenvalue weighted by molar-refractivity contribution is 7.99. The highest BCUT2D eigenvalue weighted by Gasteiger charge is 2.21. The van der Waals surface area contributed by atoms with E-state index in [1.165, 1.54) is 12.1 Å². The molecule has 10 heteroatoms. The predicted molar refractivity (Wildman–Crippen MR) is 128 cm³/mol. The van der Waals surface area contributed by atoms with Gasteiger partial charge in [-0.15, -0.1) is 5.10 Å². The molecule has 0 atom stereocenters. The Labute approximate surface area is 199 Å². The van der Waals surface area contributed by atoms with Crippen LogP contribution in [0.15, 0.2) is 46.0 Å². The van der Waals surface area contributed by atoms with Crippen molar-refractivity contribution in [3.8, 4) is 11.8 Å². The molecule has 0 spiro atoms. The largest absolute Gasteiger partial charge is 0.462 e. The fraction of sp³-hybridized carbons (Fsp3) is 0.167. The van der Waals surface area contributed by atoms with Gasteiger partial charge in [0.2, 0.25) is 11.1 Å². The van der Waals surface area contributed by atoms with E-state index < -0.39 is 0 Å². The third-order valence-corrected chi connectivity index (χ3v) is 6.00. The summed E-state index contributed by atoms with van der Waals surface area (Å²) in [5.41, 5.74) is 2.53. The van der Waals surface area contributed by atoms with E-state index in [0.717, 1.165) is 28.8 Å². The van der Waals surface area contributed by atoms with Crippen LogP contribution in [-0.4, -0.2) is 31.4 Å². The number of H-pyrrole nitrogens is 1. The van der Waals surface area contributed by atoms with E-state index in [1.54, 1.807) is 28.9 Å². The molecule has 34 heavy (non-hydrogen) atoms. The van der Waals surface area contributed by atoms with Crippen LogP contribution < -0.4 is 5.32 Å². The molecular formula is C24H21FN6O2S. The van der Waals surface area contributed by atoms with E-state index in [-0.39, 0.29) is 17.5 Å². The fourth-order valence-electron chi connectivity index (χ4n) is 3.37. The zero-order chi connectivity index (χ0) is 24.2. The number of halogens is 1. The number of furan rings is 1. The Morgan fingerprint density at radius 2 is 2.00 bits per heavy atom. The number of carbonyl (C=O) groups is 1. The summed E-state index contributed by atoms with van der Waals surface area (Å²) in [5, 5.41) is 19.8. The second-order valence-corrected chi connectivity index (χ2v) is 8.42.